The molecule has 2 aromatic carbocycles. The molecule has 0 aromatic heterocycles. The molecule has 2 amide bonds. The first kappa shape index (κ1) is 23.1. The number of amides is 2. The summed E-state index contributed by atoms with van der Waals surface area (Å²) in [5, 5.41) is 2.87. The molecule has 32 heavy (non-hydrogen) atoms. The predicted molar refractivity (Wildman–Crippen MR) is 127 cm³/mol. The zero-order valence-corrected chi connectivity index (χ0v) is 19.8. The van der Waals surface area contributed by atoms with E-state index in [0.717, 1.165) is 29.8 Å². The summed E-state index contributed by atoms with van der Waals surface area (Å²) in [6.07, 6.45) is 2.74. The van der Waals surface area contributed by atoms with E-state index in [-0.39, 0.29) is 34.7 Å². The summed E-state index contributed by atoms with van der Waals surface area (Å²) in [4.78, 5) is 27.6. The predicted octanol–water partition coefficient (Wildman–Crippen LogP) is 3.98. The van der Waals surface area contributed by atoms with Gasteiger partial charge in [-0.05, 0) is 43.2 Å². The fraction of sp³-hybridized carbons (Fsp3) is 0.364. The minimum absolute atomic E-state index is 0.00368. The maximum atomic E-state index is 13.0. The minimum Gasteiger partial charge on any atom is -0.326 e. The smallest absolute Gasteiger partial charge is 0.244 e. The van der Waals surface area contributed by atoms with Gasteiger partial charge in [0.15, 0.2) is 0 Å². The lowest BCUT2D eigenvalue weighted by atomic mass is 10.2. The summed E-state index contributed by atoms with van der Waals surface area (Å²) < 4.78 is 27.5. The number of thioether (sulfide) groups is 1. The molecular weight excluding hydrogens is 470 g/mol. The second-order valence-electron chi connectivity index (χ2n) is 7.71. The summed E-state index contributed by atoms with van der Waals surface area (Å²) in [5.41, 5.74) is 1.17. The van der Waals surface area contributed by atoms with E-state index in [2.05, 4.69) is 5.32 Å². The Morgan fingerprint density at radius 3 is 2.62 bits per heavy atom. The van der Waals surface area contributed by atoms with Crippen LogP contribution in [-0.2, 0) is 19.6 Å². The van der Waals surface area contributed by atoms with Crippen LogP contribution in [0.2, 0.25) is 5.02 Å². The molecule has 2 aliphatic heterocycles. The van der Waals surface area contributed by atoms with Crippen LogP contribution in [0.4, 0.5) is 11.4 Å². The van der Waals surface area contributed by atoms with Gasteiger partial charge in [-0.1, -0.05) is 30.2 Å². The van der Waals surface area contributed by atoms with Gasteiger partial charge in [0, 0.05) is 36.6 Å². The highest BCUT2D eigenvalue weighted by Crippen LogP contribution is 2.35. The second-order valence-corrected chi connectivity index (χ2v) is 11.0. The molecule has 0 aliphatic carbocycles. The fourth-order valence-electron chi connectivity index (χ4n) is 3.86. The van der Waals surface area contributed by atoms with Crippen molar-refractivity contribution < 1.29 is 18.0 Å². The van der Waals surface area contributed by atoms with Crippen molar-refractivity contribution in [3.8, 4) is 0 Å². The molecule has 0 atom stereocenters. The quantitative estimate of drug-likeness (QED) is 0.657. The summed E-state index contributed by atoms with van der Waals surface area (Å²) in [6, 6.07) is 12.1. The van der Waals surface area contributed by atoms with Crippen molar-refractivity contribution in [1.29, 1.82) is 0 Å². The Bertz CT molecular complexity index is 1130. The highest BCUT2D eigenvalue weighted by molar-refractivity contribution is 8.00. The number of nitrogens with one attached hydrogen (secondary N) is 1. The second kappa shape index (κ2) is 9.82. The Morgan fingerprint density at radius 1 is 1.09 bits per heavy atom. The molecule has 170 valence electrons. The van der Waals surface area contributed by atoms with Crippen molar-refractivity contribution in [1.82, 2.24) is 4.31 Å². The summed E-state index contributed by atoms with van der Waals surface area (Å²) >= 11 is 7.69. The zero-order valence-electron chi connectivity index (χ0n) is 17.4. The first-order chi connectivity index (χ1) is 15.4. The Balaban J connectivity index is 1.44. The summed E-state index contributed by atoms with van der Waals surface area (Å²) in [7, 11) is -3.73. The molecule has 2 aromatic rings. The van der Waals surface area contributed by atoms with Crippen LogP contribution in [0.5, 0.6) is 0 Å². The highest BCUT2D eigenvalue weighted by atomic mass is 35.5. The number of halogens is 1. The lowest BCUT2D eigenvalue weighted by Gasteiger charge is -2.28. The largest absolute Gasteiger partial charge is 0.326 e. The first-order valence-electron chi connectivity index (χ1n) is 10.5. The van der Waals surface area contributed by atoms with Crippen LogP contribution in [0.3, 0.4) is 0 Å². The van der Waals surface area contributed by atoms with Gasteiger partial charge in [0.1, 0.15) is 4.90 Å². The van der Waals surface area contributed by atoms with Crippen LogP contribution in [0, 0.1) is 0 Å². The van der Waals surface area contributed by atoms with Gasteiger partial charge in [-0.25, -0.2) is 8.42 Å². The number of sulfonamides is 1. The van der Waals surface area contributed by atoms with Gasteiger partial charge in [-0.3, -0.25) is 9.59 Å². The van der Waals surface area contributed by atoms with E-state index in [4.69, 9.17) is 11.6 Å². The molecule has 10 heteroatoms. The van der Waals surface area contributed by atoms with Gasteiger partial charge < -0.3 is 10.2 Å². The molecule has 0 saturated carbocycles. The number of nitrogens with zero attached hydrogens (tertiary/aromatic N) is 2. The molecule has 2 aliphatic rings. The van der Waals surface area contributed by atoms with Gasteiger partial charge in [0.25, 0.3) is 0 Å². The molecule has 4 rings (SSSR count). The van der Waals surface area contributed by atoms with E-state index in [1.165, 1.54) is 28.2 Å². The minimum atomic E-state index is -3.73. The number of piperidine rings is 1. The maximum Gasteiger partial charge on any atom is 0.244 e. The van der Waals surface area contributed by atoms with Crippen molar-refractivity contribution in [3.63, 3.8) is 0 Å². The van der Waals surface area contributed by atoms with E-state index in [1.807, 2.05) is 24.3 Å². The van der Waals surface area contributed by atoms with Gasteiger partial charge in [0.2, 0.25) is 21.8 Å². The number of benzene rings is 2. The van der Waals surface area contributed by atoms with E-state index < -0.39 is 10.0 Å². The average Bonchev–Trinajstić information content (AvgIpc) is 2.80. The van der Waals surface area contributed by atoms with Crippen molar-refractivity contribution in [2.24, 2.45) is 0 Å². The van der Waals surface area contributed by atoms with Crippen molar-refractivity contribution in [2.45, 2.75) is 35.5 Å². The van der Waals surface area contributed by atoms with Crippen LogP contribution in [-0.4, -0.2) is 49.9 Å². The Morgan fingerprint density at radius 2 is 1.84 bits per heavy atom. The molecule has 0 radical (unpaired) electrons. The molecular formula is C22H24ClN3O4S2. The van der Waals surface area contributed by atoms with Crippen LogP contribution in [0.1, 0.15) is 25.7 Å². The Kier molecular flexibility index (Phi) is 7.09. The maximum absolute atomic E-state index is 13.0. The number of rotatable bonds is 6. The molecule has 0 bridgehead atoms. The lowest BCUT2D eigenvalue weighted by Crippen LogP contribution is -2.37. The Labute approximate surface area is 197 Å². The van der Waals surface area contributed by atoms with Crippen molar-refractivity contribution >= 4 is 56.6 Å². The van der Waals surface area contributed by atoms with Gasteiger partial charge in [-0.15, -0.1) is 11.8 Å². The standard InChI is InChI=1S/C22H24ClN3O4S2/c23-17-9-8-16(14-20(17)32(29,30)25-11-4-1-5-12-25)24-21(27)10-13-26-18-6-2-3-7-19(18)31-15-22(26)28/h2-3,6-9,14H,1,4-5,10-13,15H2,(H,24,27). The number of para-hydroxylation sites is 1. The zero-order chi connectivity index (χ0) is 22.7. The van der Waals surface area contributed by atoms with E-state index in [1.54, 1.807) is 11.0 Å². The third kappa shape index (κ3) is 4.96. The summed E-state index contributed by atoms with van der Waals surface area (Å²) in [6.45, 7) is 1.19. The molecule has 0 spiro atoms. The third-order valence-corrected chi connectivity index (χ3v) is 8.95. The van der Waals surface area contributed by atoms with E-state index in [9.17, 15) is 18.0 Å². The molecule has 7 nitrogen and oxygen atoms in total. The van der Waals surface area contributed by atoms with Crippen LogP contribution in [0.25, 0.3) is 0 Å². The monoisotopic (exact) mass is 493 g/mol. The lowest BCUT2D eigenvalue weighted by molar-refractivity contribution is -0.117. The highest BCUT2D eigenvalue weighted by Gasteiger charge is 2.29. The van der Waals surface area contributed by atoms with Crippen molar-refractivity contribution in [2.75, 3.05) is 35.6 Å². The fourth-order valence-corrected chi connectivity index (χ4v) is 6.81. The molecule has 2 heterocycles. The molecule has 1 saturated heterocycles. The van der Waals surface area contributed by atoms with E-state index in [0.29, 0.717) is 24.5 Å². The van der Waals surface area contributed by atoms with Crippen LogP contribution >= 0.6 is 23.4 Å². The van der Waals surface area contributed by atoms with Gasteiger partial charge in [0.05, 0.1) is 16.5 Å². The number of fused-ring (bicyclic) bond motifs is 1. The number of hydrogen-bond donors (Lipinski definition) is 1. The number of hydrogen-bond acceptors (Lipinski definition) is 5. The molecule has 1 N–H and O–H groups in total. The first-order valence-corrected chi connectivity index (χ1v) is 13.3. The summed E-state index contributed by atoms with van der Waals surface area (Å²) in [5.74, 6) is -0.00636. The topological polar surface area (TPSA) is 86.8 Å². The number of carbonyl (C=O) groups excluding carboxylic acids is 2. The Hall–Kier alpha value is -2.07. The number of anilines is 2. The van der Waals surface area contributed by atoms with Crippen molar-refractivity contribution in [3.05, 3.63) is 47.5 Å². The average molecular weight is 494 g/mol. The normalized spacial score (nSPS) is 17.2. The molecule has 1 fully saturated rings. The molecule has 0 unspecified atom stereocenters. The number of carbonyl (C=O) groups is 2. The van der Waals surface area contributed by atoms with Crippen LogP contribution < -0.4 is 10.2 Å². The van der Waals surface area contributed by atoms with Gasteiger partial charge >= 0.3 is 0 Å². The third-order valence-electron chi connectivity index (χ3n) is 5.52. The van der Waals surface area contributed by atoms with E-state index >= 15 is 0 Å². The van der Waals surface area contributed by atoms with Crippen LogP contribution in [0.15, 0.2) is 52.3 Å². The van der Waals surface area contributed by atoms with Gasteiger partial charge in [-0.2, -0.15) is 4.31 Å². The SMILES string of the molecule is O=C(CCN1C(=O)CSc2ccccc21)Nc1ccc(Cl)c(S(=O)(=O)N2CCCCC2)c1.